The number of carbonyl (C=O) groups excluding carboxylic acids is 4. The zero-order valence-electron chi connectivity index (χ0n) is 27.6. The lowest BCUT2D eigenvalue weighted by Crippen LogP contribution is -2.51. The summed E-state index contributed by atoms with van der Waals surface area (Å²) in [5.74, 6) is -1.76. The van der Waals surface area contributed by atoms with E-state index in [0.29, 0.717) is 42.7 Å². The van der Waals surface area contributed by atoms with E-state index in [2.05, 4.69) is 25.9 Å². The average molecular weight is 638 g/mol. The third-order valence-corrected chi connectivity index (χ3v) is 9.92. The van der Waals surface area contributed by atoms with E-state index >= 15 is 4.39 Å². The molecule has 2 aliphatic carbocycles. The molecule has 0 unspecified atom stereocenters. The summed E-state index contributed by atoms with van der Waals surface area (Å²) in [6, 6.07) is 4.68. The van der Waals surface area contributed by atoms with Gasteiger partial charge >= 0.3 is 0 Å². The fraction of sp³-hybridized carbons (Fsp3) is 0.618. The van der Waals surface area contributed by atoms with Crippen molar-refractivity contribution in [3.8, 4) is 0 Å². The average Bonchev–Trinajstić information content (AvgIpc) is 3.96. The van der Waals surface area contributed by atoms with Crippen molar-refractivity contribution in [1.82, 2.24) is 30.2 Å². The third-order valence-electron chi connectivity index (χ3n) is 9.92. The number of anilines is 1. The molecule has 2 heterocycles. The van der Waals surface area contributed by atoms with Crippen molar-refractivity contribution < 1.29 is 23.6 Å². The normalized spacial score (nSPS) is 20.0. The molecule has 250 valence electrons. The first-order valence-electron chi connectivity index (χ1n) is 16.7. The van der Waals surface area contributed by atoms with Crippen LogP contribution in [0.3, 0.4) is 0 Å². The molecule has 2 aromatic rings. The van der Waals surface area contributed by atoms with Gasteiger partial charge in [-0.05, 0) is 94.6 Å². The largest absolute Gasteiger partial charge is 0.344 e. The minimum atomic E-state index is -0.859. The van der Waals surface area contributed by atoms with E-state index in [-0.39, 0.29) is 41.8 Å². The molecule has 1 saturated heterocycles. The van der Waals surface area contributed by atoms with Gasteiger partial charge < -0.3 is 25.8 Å². The lowest BCUT2D eigenvalue weighted by atomic mass is 9.88. The molecule has 12 heteroatoms. The molecular formula is C34H48FN7O4. The molecule has 0 radical (unpaired) electrons. The van der Waals surface area contributed by atoms with Gasteiger partial charge in [-0.1, -0.05) is 19.9 Å². The maximum Gasteiger partial charge on any atom is 0.270 e. The van der Waals surface area contributed by atoms with Crippen LogP contribution in [0, 0.1) is 23.6 Å². The number of amides is 4. The van der Waals surface area contributed by atoms with Gasteiger partial charge in [-0.2, -0.15) is 5.10 Å². The molecule has 1 aliphatic heterocycles. The molecule has 5 rings (SSSR count). The van der Waals surface area contributed by atoms with Crippen molar-refractivity contribution in [3.05, 3.63) is 47.5 Å². The van der Waals surface area contributed by atoms with Crippen molar-refractivity contribution in [1.29, 1.82) is 0 Å². The Morgan fingerprint density at radius 2 is 1.70 bits per heavy atom. The van der Waals surface area contributed by atoms with Gasteiger partial charge in [0.1, 0.15) is 23.6 Å². The molecule has 0 bridgehead atoms. The van der Waals surface area contributed by atoms with Crippen LogP contribution in [0.15, 0.2) is 30.5 Å². The lowest BCUT2D eigenvalue weighted by molar-refractivity contribution is -0.136. The molecule has 4 amide bonds. The van der Waals surface area contributed by atoms with Crippen molar-refractivity contribution in [3.63, 3.8) is 0 Å². The quantitative estimate of drug-likeness (QED) is 0.292. The van der Waals surface area contributed by atoms with Crippen molar-refractivity contribution >= 4 is 29.3 Å². The van der Waals surface area contributed by atoms with E-state index in [1.54, 1.807) is 41.8 Å². The number of benzene rings is 1. The summed E-state index contributed by atoms with van der Waals surface area (Å²) in [5, 5.41) is 12.8. The number of hydrogen-bond acceptors (Lipinski definition) is 6. The standard InChI is InChI=1S/C34H48FN7O4/c1-6-28(43)38-30(34(46)41-17-15-24(19-41)40(4)5)20(3)23-12-13-26(25(35)18-23)37-33(45)31(29(21-8-9-21)22-10-11-22)39-32(44)27-14-16-36-42(27)7-2/h12-14,16,18,20-22,24,29-31H,6-11,15,17,19H2,1-5H3,(H,37,45)(H,38,43)(H,39,44)/t20-,24-,30+,31-/m0/s1. The predicted molar refractivity (Wildman–Crippen MR) is 172 cm³/mol. The number of likely N-dealkylation sites (N-methyl/N-ethyl adjacent to an activating group) is 1. The van der Waals surface area contributed by atoms with Crippen LogP contribution in [0.2, 0.25) is 0 Å². The van der Waals surface area contributed by atoms with Crippen LogP contribution < -0.4 is 16.0 Å². The first kappa shape index (κ1) is 33.6. The maximum absolute atomic E-state index is 15.7. The molecule has 1 aromatic heterocycles. The minimum absolute atomic E-state index is 0.00187. The van der Waals surface area contributed by atoms with E-state index in [9.17, 15) is 19.2 Å². The summed E-state index contributed by atoms with van der Waals surface area (Å²) < 4.78 is 17.3. The van der Waals surface area contributed by atoms with Gasteiger partial charge in [-0.15, -0.1) is 0 Å². The molecule has 3 aliphatic rings. The highest BCUT2D eigenvalue weighted by molar-refractivity contribution is 6.01. The summed E-state index contributed by atoms with van der Waals surface area (Å²) in [6.07, 6.45) is 6.66. The fourth-order valence-electron chi connectivity index (χ4n) is 6.78. The number of carbonyl (C=O) groups is 4. The topological polar surface area (TPSA) is 129 Å². The van der Waals surface area contributed by atoms with Crippen LogP contribution in [0.25, 0.3) is 0 Å². The van der Waals surface area contributed by atoms with E-state index in [4.69, 9.17) is 0 Å². The Balaban J connectivity index is 1.33. The lowest BCUT2D eigenvalue weighted by Gasteiger charge is -2.30. The second kappa shape index (κ2) is 14.3. The monoisotopic (exact) mass is 637 g/mol. The molecule has 4 atom stereocenters. The number of aryl methyl sites for hydroxylation is 1. The number of hydrogen-bond donors (Lipinski definition) is 3. The van der Waals surface area contributed by atoms with Crippen LogP contribution in [0.1, 0.15) is 81.3 Å². The van der Waals surface area contributed by atoms with Crippen LogP contribution in [0.5, 0.6) is 0 Å². The number of likely N-dealkylation sites (tertiary alicyclic amines) is 1. The van der Waals surface area contributed by atoms with Gasteiger partial charge in [0.05, 0.1) is 5.69 Å². The van der Waals surface area contributed by atoms with Crippen LogP contribution in [-0.4, -0.2) is 88.5 Å². The Bertz CT molecular complexity index is 1420. The molecule has 3 fully saturated rings. The molecule has 3 N–H and O–H groups in total. The third kappa shape index (κ3) is 7.59. The van der Waals surface area contributed by atoms with Gasteiger partial charge in [0.25, 0.3) is 5.91 Å². The van der Waals surface area contributed by atoms with Crippen molar-refractivity contribution in [2.45, 2.75) is 89.9 Å². The Hall–Kier alpha value is -3.80. The van der Waals surface area contributed by atoms with Crippen molar-refractivity contribution in [2.75, 3.05) is 32.5 Å². The summed E-state index contributed by atoms with van der Waals surface area (Å²) in [6.45, 7) is 7.09. The van der Waals surface area contributed by atoms with E-state index in [1.807, 2.05) is 21.0 Å². The first-order chi connectivity index (χ1) is 22.0. The minimum Gasteiger partial charge on any atom is -0.344 e. The highest BCUT2D eigenvalue weighted by Crippen LogP contribution is 2.51. The van der Waals surface area contributed by atoms with Crippen LogP contribution in [-0.2, 0) is 20.9 Å². The van der Waals surface area contributed by atoms with Crippen molar-refractivity contribution in [2.24, 2.45) is 17.8 Å². The zero-order valence-corrected chi connectivity index (χ0v) is 27.6. The molecule has 46 heavy (non-hydrogen) atoms. The summed E-state index contributed by atoms with van der Waals surface area (Å²) in [5.41, 5.74) is 0.902. The number of nitrogens with zero attached hydrogens (tertiary/aromatic N) is 4. The van der Waals surface area contributed by atoms with Gasteiger partial charge in [-0.25, -0.2) is 4.39 Å². The Morgan fingerprint density at radius 1 is 1.00 bits per heavy atom. The van der Waals surface area contributed by atoms with Gasteiger partial charge in [0.2, 0.25) is 17.7 Å². The summed E-state index contributed by atoms with van der Waals surface area (Å²) in [7, 11) is 3.97. The zero-order chi connectivity index (χ0) is 33.1. The van der Waals surface area contributed by atoms with Gasteiger partial charge in [-0.3, -0.25) is 23.9 Å². The predicted octanol–water partition coefficient (Wildman–Crippen LogP) is 3.38. The SMILES string of the molecule is CCC(=O)N[C@@H](C(=O)N1CC[C@H](N(C)C)C1)[C@@H](C)c1ccc(NC(=O)[C@@H](NC(=O)c2ccnn2CC)C(C2CC2)C2CC2)c(F)c1. The van der Waals surface area contributed by atoms with Crippen LogP contribution in [0.4, 0.5) is 10.1 Å². The number of aromatic nitrogens is 2. The van der Waals surface area contributed by atoms with E-state index in [1.165, 1.54) is 12.1 Å². The smallest absolute Gasteiger partial charge is 0.270 e. The first-order valence-corrected chi connectivity index (χ1v) is 16.7. The summed E-state index contributed by atoms with van der Waals surface area (Å²) in [4.78, 5) is 57.1. The maximum atomic E-state index is 15.7. The molecule has 11 nitrogen and oxygen atoms in total. The highest BCUT2D eigenvalue weighted by Gasteiger charge is 2.48. The second-order valence-corrected chi connectivity index (χ2v) is 13.3. The Morgan fingerprint density at radius 3 is 2.26 bits per heavy atom. The number of halogens is 1. The van der Waals surface area contributed by atoms with E-state index < -0.39 is 29.7 Å². The van der Waals surface area contributed by atoms with Crippen LogP contribution >= 0.6 is 0 Å². The molecule has 0 spiro atoms. The Kier molecular flexibility index (Phi) is 10.4. The summed E-state index contributed by atoms with van der Waals surface area (Å²) >= 11 is 0. The molecule has 2 saturated carbocycles. The highest BCUT2D eigenvalue weighted by atomic mass is 19.1. The van der Waals surface area contributed by atoms with E-state index in [0.717, 1.165) is 32.1 Å². The van der Waals surface area contributed by atoms with Gasteiger partial charge in [0, 0.05) is 44.2 Å². The number of nitrogens with one attached hydrogen (secondary N) is 3. The fourth-order valence-corrected chi connectivity index (χ4v) is 6.78. The second-order valence-electron chi connectivity index (χ2n) is 13.3. The molecular weight excluding hydrogens is 589 g/mol. The van der Waals surface area contributed by atoms with Gasteiger partial charge in [0.15, 0.2) is 0 Å². The number of rotatable bonds is 14. The molecule has 1 aromatic carbocycles. The Labute approximate surface area is 270 Å².